The molecule has 6 heavy (non-hydrogen) atoms. The second kappa shape index (κ2) is 3.36. The van der Waals surface area contributed by atoms with E-state index in [0.29, 0.717) is 0 Å². The summed E-state index contributed by atoms with van der Waals surface area (Å²) in [7, 11) is 0. The van der Waals surface area contributed by atoms with Gasteiger partial charge in [0, 0.05) is 0 Å². The Kier molecular flexibility index (Phi) is 3.46. The fraction of sp³-hybridized carbons (Fsp3) is 0.200. The van der Waals surface area contributed by atoms with Gasteiger partial charge in [-0.1, -0.05) is 0 Å². The van der Waals surface area contributed by atoms with Crippen LogP contribution in [0.25, 0.3) is 0 Å². The molecule has 0 aromatic carbocycles. The van der Waals surface area contributed by atoms with E-state index in [-0.39, 0.29) is 21.1 Å². The molecule has 0 bridgehead atoms. The number of hydrogen-bond acceptors (Lipinski definition) is 0. The molecule has 0 aromatic rings. The molecule has 0 atom stereocenters. The van der Waals surface area contributed by atoms with E-state index in [1.54, 1.807) is 0 Å². The maximum absolute atomic E-state index is 2.99. The van der Waals surface area contributed by atoms with Crippen LogP contribution in [0.4, 0.5) is 0 Å². The zero-order valence-electron chi connectivity index (χ0n) is 3.26. The molecule has 0 nitrogen and oxygen atoms in total. The van der Waals surface area contributed by atoms with Crippen molar-refractivity contribution in [3.63, 3.8) is 0 Å². The SMILES string of the molecule is [C-]1=CC=CC1.[Pt+2]. The summed E-state index contributed by atoms with van der Waals surface area (Å²) in [6.45, 7) is 0. The van der Waals surface area contributed by atoms with E-state index in [9.17, 15) is 0 Å². The van der Waals surface area contributed by atoms with Crippen LogP contribution in [-0.4, -0.2) is 0 Å². The van der Waals surface area contributed by atoms with Gasteiger partial charge < -0.3 is 0 Å². The van der Waals surface area contributed by atoms with Gasteiger partial charge in [0.1, 0.15) is 0 Å². The maximum atomic E-state index is 2.99. The van der Waals surface area contributed by atoms with Crippen LogP contribution in [0, 0.1) is 6.08 Å². The quantitative estimate of drug-likeness (QED) is 0.576. The average molecular weight is 260 g/mol. The number of rotatable bonds is 0. The molecule has 0 aromatic heterocycles. The minimum Gasteiger partial charge on any atom is -0.273 e. The molecular formula is C5H5Pt+. The molecule has 1 rings (SSSR count). The molecule has 1 heteroatoms. The smallest absolute Gasteiger partial charge is 0.273 e. The van der Waals surface area contributed by atoms with Crippen molar-refractivity contribution in [2.45, 2.75) is 6.42 Å². The molecule has 0 unspecified atom stereocenters. The van der Waals surface area contributed by atoms with Gasteiger partial charge in [-0.3, -0.25) is 6.08 Å². The Labute approximate surface area is 52.2 Å². The van der Waals surface area contributed by atoms with Gasteiger partial charge in [-0.25, -0.2) is 12.2 Å². The van der Waals surface area contributed by atoms with Crippen LogP contribution in [0.5, 0.6) is 0 Å². The van der Waals surface area contributed by atoms with Gasteiger partial charge in [-0.05, 0) is 0 Å². The molecule has 0 saturated heterocycles. The van der Waals surface area contributed by atoms with Gasteiger partial charge in [-0.2, -0.15) is 6.08 Å². The molecule has 0 heterocycles. The summed E-state index contributed by atoms with van der Waals surface area (Å²) in [6.07, 6.45) is 10.0. The van der Waals surface area contributed by atoms with E-state index >= 15 is 0 Å². The van der Waals surface area contributed by atoms with Gasteiger partial charge in [0.15, 0.2) is 0 Å². The molecule has 0 N–H and O–H groups in total. The van der Waals surface area contributed by atoms with Gasteiger partial charge in [0.25, 0.3) is 0 Å². The number of hydrogen-bond donors (Lipinski definition) is 0. The zero-order valence-corrected chi connectivity index (χ0v) is 5.53. The van der Waals surface area contributed by atoms with E-state index in [1.165, 1.54) is 0 Å². The summed E-state index contributed by atoms with van der Waals surface area (Å²) in [5.41, 5.74) is 0. The van der Waals surface area contributed by atoms with Crippen LogP contribution in [0.15, 0.2) is 18.2 Å². The van der Waals surface area contributed by atoms with E-state index in [4.69, 9.17) is 0 Å². The third-order valence-electron chi connectivity index (χ3n) is 0.586. The Morgan fingerprint density at radius 1 is 1.50 bits per heavy atom. The predicted octanol–water partition coefficient (Wildman–Crippen LogP) is 1.30. The van der Waals surface area contributed by atoms with Crippen molar-refractivity contribution in [3.05, 3.63) is 24.3 Å². The molecule has 0 saturated carbocycles. The third-order valence-corrected chi connectivity index (χ3v) is 0.586. The monoisotopic (exact) mass is 260 g/mol. The topological polar surface area (TPSA) is 0 Å². The molecule has 0 spiro atoms. The van der Waals surface area contributed by atoms with E-state index < -0.39 is 0 Å². The van der Waals surface area contributed by atoms with E-state index in [2.05, 4.69) is 12.2 Å². The van der Waals surface area contributed by atoms with E-state index in [0.717, 1.165) is 6.42 Å². The summed E-state index contributed by atoms with van der Waals surface area (Å²) >= 11 is 0. The molecule has 0 aliphatic heterocycles. The number of allylic oxidation sites excluding steroid dienone is 4. The second-order valence-corrected chi connectivity index (χ2v) is 1.00. The van der Waals surface area contributed by atoms with Crippen molar-refractivity contribution in [1.82, 2.24) is 0 Å². The van der Waals surface area contributed by atoms with Gasteiger partial charge >= 0.3 is 21.1 Å². The van der Waals surface area contributed by atoms with Crippen LogP contribution in [0.3, 0.4) is 0 Å². The fourth-order valence-corrected chi connectivity index (χ4v) is 0.340. The van der Waals surface area contributed by atoms with Gasteiger partial charge in [-0.15, -0.1) is 6.42 Å². The normalized spacial score (nSPS) is 14.7. The molecule has 0 radical (unpaired) electrons. The van der Waals surface area contributed by atoms with Crippen LogP contribution in [0.2, 0.25) is 0 Å². The Bertz CT molecular complexity index is 62.0. The minimum absolute atomic E-state index is 0. The van der Waals surface area contributed by atoms with Crippen molar-refractivity contribution in [2.75, 3.05) is 0 Å². The van der Waals surface area contributed by atoms with Crippen molar-refractivity contribution >= 4 is 0 Å². The molecule has 0 amide bonds. The first-order valence-electron chi connectivity index (χ1n) is 1.72. The summed E-state index contributed by atoms with van der Waals surface area (Å²) in [5, 5.41) is 0. The summed E-state index contributed by atoms with van der Waals surface area (Å²) in [6, 6.07) is 0. The Hall–Kier alpha value is 0.168. The van der Waals surface area contributed by atoms with Crippen molar-refractivity contribution in [1.29, 1.82) is 0 Å². The van der Waals surface area contributed by atoms with E-state index in [1.807, 2.05) is 12.2 Å². The van der Waals surface area contributed by atoms with Crippen molar-refractivity contribution in [3.8, 4) is 0 Å². The van der Waals surface area contributed by atoms with Crippen LogP contribution in [0.1, 0.15) is 6.42 Å². The van der Waals surface area contributed by atoms with Crippen molar-refractivity contribution in [2.24, 2.45) is 0 Å². The molecule has 1 aliphatic carbocycles. The van der Waals surface area contributed by atoms with Crippen LogP contribution < -0.4 is 0 Å². The van der Waals surface area contributed by atoms with Crippen LogP contribution >= 0.6 is 0 Å². The Morgan fingerprint density at radius 2 is 2.33 bits per heavy atom. The zero-order chi connectivity index (χ0) is 3.54. The fourth-order valence-electron chi connectivity index (χ4n) is 0.340. The molecule has 1 aliphatic rings. The largest absolute Gasteiger partial charge is 2.00 e. The summed E-state index contributed by atoms with van der Waals surface area (Å²) in [4.78, 5) is 0. The van der Waals surface area contributed by atoms with Gasteiger partial charge in [0.2, 0.25) is 0 Å². The first kappa shape index (κ1) is 6.17. The van der Waals surface area contributed by atoms with Crippen LogP contribution in [-0.2, 0) is 21.1 Å². The molecule has 0 fully saturated rings. The summed E-state index contributed by atoms with van der Waals surface area (Å²) < 4.78 is 0. The predicted molar refractivity (Wildman–Crippen MR) is 21.6 cm³/mol. The molecule has 34 valence electrons. The summed E-state index contributed by atoms with van der Waals surface area (Å²) in [5.74, 6) is 0. The molecular weight excluding hydrogens is 255 g/mol. The van der Waals surface area contributed by atoms with Crippen molar-refractivity contribution < 1.29 is 21.1 Å². The Morgan fingerprint density at radius 3 is 2.50 bits per heavy atom. The first-order valence-corrected chi connectivity index (χ1v) is 1.72. The third kappa shape index (κ3) is 1.57. The average Bonchev–Trinajstić information content (AvgIpc) is 1.76. The minimum atomic E-state index is 0. The maximum Gasteiger partial charge on any atom is 2.00 e. The first-order chi connectivity index (χ1) is 2.50. The van der Waals surface area contributed by atoms with Gasteiger partial charge in [0.05, 0.1) is 0 Å². The Balaban J connectivity index is 0.000000250. The standard InChI is InChI=1S/C5H5.Pt/c1-2-4-5-3-1;/h1-3H,4H2;/q-1;+2. The second-order valence-electron chi connectivity index (χ2n) is 1.00.